The molecular weight excluding hydrogens is 151 g/mol. The van der Waals surface area contributed by atoms with Gasteiger partial charge < -0.3 is 10.4 Å². The van der Waals surface area contributed by atoms with Crippen molar-refractivity contribution in [2.45, 2.75) is 19.3 Å². The van der Waals surface area contributed by atoms with Crippen LogP contribution in [0.2, 0.25) is 0 Å². The van der Waals surface area contributed by atoms with Crippen LogP contribution < -0.4 is 5.32 Å². The van der Waals surface area contributed by atoms with E-state index in [-0.39, 0.29) is 0 Å². The van der Waals surface area contributed by atoms with Gasteiger partial charge in [0.1, 0.15) is 0 Å². The van der Waals surface area contributed by atoms with E-state index in [1.165, 1.54) is 5.32 Å². The van der Waals surface area contributed by atoms with Crippen molar-refractivity contribution in [2.75, 3.05) is 0 Å². The van der Waals surface area contributed by atoms with Gasteiger partial charge in [-0.05, 0) is 0 Å². The Balaban J connectivity index is 3.85. The molecule has 60 valence electrons. The summed E-state index contributed by atoms with van der Waals surface area (Å²) in [6, 6.07) is 0. The second kappa shape index (κ2) is 2.87. The average molecular weight is 157 g/mol. The number of hydrogen-bond donors (Lipinski definition) is 2. The van der Waals surface area contributed by atoms with Crippen LogP contribution in [0, 0.1) is 0 Å². The maximum absolute atomic E-state index is 11.3. The molecule has 1 amide bonds. The monoisotopic (exact) mass is 157 g/mol. The summed E-state index contributed by atoms with van der Waals surface area (Å²) in [5.74, 6) is -0.926. The van der Waals surface area contributed by atoms with Gasteiger partial charge in [0.05, 0.1) is 0 Å². The number of aliphatic hydroxyl groups is 1. The summed E-state index contributed by atoms with van der Waals surface area (Å²) in [4.78, 5) is 9.93. The molecule has 0 saturated carbocycles. The highest BCUT2D eigenvalue weighted by Gasteiger charge is 2.38. The maximum atomic E-state index is 11.3. The van der Waals surface area contributed by atoms with Crippen molar-refractivity contribution in [2.24, 2.45) is 0 Å². The number of carbonyl (C=O) groups excluding carboxylic acids is 1. The molecule has 0 aliphatic carbocycles. The molecule has 1 unspecified atom stereocenters. The van der Waals surface area contributed by atoms with E-state index < -0.39 is 18.3 Å². The Hall–Kier alpha value is -0.780. The summed E-state index contributed by atoms with van der Waals surface area (Å²) in [7, 11) is 0. The fourth-order valence-corrected chi connectivity index (χ4v) is 0.274. The molecule has 1 atom stereocenters. The van der Waals surface area contributed by atoms with Crippen LogP contribution in [-0.2, 0) is 4.79 Å². The van der Waals surface area contributed by atoms with Gasteiger partial charge >= 0.3 is 6.18 Å². The van der Waals surface area contributed by atoms with Crippen molar-refractivity contribution in [1.82, 2.24) is 5.32 Å². The van der Waals surface area contributed by atoms with Gasteiger partial charge in [-0.15, -0.1) is 0 Å². The number of rotatable bonds is 1. The zero-order chi connectivity index (χ0) is 8.36. The van der Waals surface area contributed by atoms with Crippen LogP contribution in [0.25, 0.3) is 0 Å². The van der Waals surface area contributed by atoms with Gasteiger partial charge in [-0.2, -0.15) is 13.2 Å². The third-order valence-electron chi connectivity index (χ3n) is 0.650. The van der Waals surface area contributed by atoms with Crippen LogP contribution in [-0.4, -0.2) is 23.4 Å². The molecule has 0 saturated heterocycles. The predicted molar refractivity (Wildman–Crippen MR) is 25.9 cm³/mol. The van der Waals surface area contributed by atoms with Gasteiger partial charge in [0.2, 0.25) is 12.1 Å². The van der Waals surface area contributed by atoms with Crippen molar-refractivity contribution in [3.05, 3.63) is 0 Å². The molecule has 0 spiro atoms. The van der Waals surface area contributed by atoms with E-state index in [1.54, 1.807) is 0 Å². The number of aliphatic hydroxyl groups excluding tert-OH is 1. The first-order valence-electron chi connectivity index (χ1n) is 2.36. The summed E-state index contributed by atoms with van der Waals surface area (Å²) in [5, 5.41) is 9.37. The first-order valence-corrected chi connectivity index (χ1v) is 2.36. The smallest absolute Gasteiger partial charge is 0.366 e. The van der Waals surface area contributed by atoms with Crippen molar-refractivity contribution in [3.8, 4) is 0 Å². The number of hydrogen-bond acceptors (Lipinski definition) is 2. The number of halogens is 3. The van der Waals surface area contributed by atoms with Gasteiger partial charge in [-0.25, -0.2) is 0 Å². The van der Waals surface area contributed by atoms with E-state index >= 15 is 0 Å². The van der Waals surface area contributed by atoms with Crippen molar-refractivity contribution in [3.63, 3.8) is 0 Å². The van der Waals surface area contributed by atoms with Crippen molar-refractivity contribution in [1.29, 1.82) is 0 Å². The molecule has 10 heavy (non-hydrogen) atoms. The molecule has 0 aromatic heterocycles. The van der Waals surface area contributed by atoms with Crippen LogP contribution in [0.5, 0.6) is 0 Å². The third-order valence-corrected chi connectivity index (χ3v) is 0.650. The first-order chi connectivity index (χ1) is 4.34. The molecule has 0 aliphatic rings. The number of alkyl halides is 3. The van der Waals surface area contributed by atoms with Crippen LogP contribution in [0.4, 0.5) is 13.2 Å². The normalized spacial score (nSPS) is 14.5. The van der Waals surface area contributed by atoms with E-state index in [4.69, 9.17) is 5.11 Å². The van der Waals surface area contributed by atoms with Crippen LogP contribution in [0.15, 0.2) is 0 Å². The predicted octanol–water partition coefficient (Wildman–Crippen LogP) is 0.00320. The van der Waals surface area contributed by atoms with E-state index in [1.807, 2.05) is 0 Å². The Morgan fingerprint density at radius 1 is 1.60 bits per heavy atom. The van der Waals surface area contributed by atoms with Crippen molar-refractivity contribution >= 4 is 5.91 Å². The lowest BCUT2D eigenvalue weighted by molar-refractivity contribution is -0.213. The second-order valence-corrected chi connectivity index (χ2v) is 1.64. The van der Waals surface area contributed by atoms with Crippen LogP contribution in [0.3, 0.4) is 0 Å². The second-order valence-electron chi connectivity index (χ2n) is 1.64. The number of carbonyl (C=O) groups is 1. The molecule has 0 bridgehead atoms. The van der Waals surface area contributed by atoms with E-state index in [9.17, 15) is 18.0 Å². The fourth-order valence-electron chi connectivity index (χ4n) is 0.274. The van der Waals surface area contributed by atoms with Gasteiger partial charge in [0.15, 0.2) is 0 Å². The first kappa shape index (κ1) is 9.22. The highest BCUT2D eigenvalue weighted by atomic mass is 19.4. The summed E-state index contributed by atoms with van der Waals surface area (Å²) < 4.78 is 34.0. The van der Waals surface area contributed by atoms with Gasteiger partial charge in [0.25, 0.3) is 0 Å². The zero-order valence-corrected chi connectivity index (χ0v) is 5.07. The van der Waals surface area contributed by atoms with E-state index in [0.717, 1.165) is 6.92 Å². The molecule has 0 radical (unpaired) electrons. The minimum Gasteiger partial charge on any atom is -0.366 e. The lowest BCUT2D eigenvalue weighted by Gasteiger charge is -2.13. The highest BCUT2D eigenvalue weighted by Crippen LogP contribution is 2.17. The van der Waals surface area contributed by atoms with Crippen LogP contribution in [0.1, 0.15) is 6.92 Å². The van der Waals surface area contributed by atoms with Gasteiger partial charge in [-0.1, -0.05) is 0 Å². The lowest BCUT2D eigenvalue weighted by atomic mass is 10.5. The van der Waals surface area contributed by atoms with Crippen molar-refractivity contribution < 1.29 is 23.1 Å². The molecule has 0 fully saturated rings. The topological polar surface area (TPSA) is 49.3 Å². The summed E-state index contributed by atoms with van der Waals surface area (Å²) in [6.45, 7) is 0.884. The van der Waals surface area contributed by atoms with E-state index in [0.29, 0.717) is 0 Å². The molecule has 6 heteroatoms. The minimum absolute atomic E-state index is 0.884. The summed E-state index contributed by atoms with van der Waals surface area (Å²) in [5.41, 5.74) is 0. The molecule has 0 aromatic carbocycles. The van der Waals surface area contributed by atoms with E-state index in [2.05, 4.69) is 0 Å². The van der Waals surface area contributed by atoms with Gasteiger partial charge in [0, 0.05) is 6.92 Å². The SMILES string of the molecule is CC(=O)NC(O)C(F)(F)F. The molecule has 0 heterocycles. The molecule has 0 rings (SSSR count). The third kappa shape index (κ3) is 3.29. The summed E-state index contributed by atoms with van der Waals surface area (Å²) in [6.07, 6.45) is -7.55. The number of amides is 1. The fraction of sp³-hybridized carbons (Fsp3) is 0.750. The van der Waals surface area contributed by atoms with Gasteiger partial charge in [-0.3, -0.25) is 4.79 Å². The molecule has 0 aliphatic heterocycles. The quantitative estimate of drug-likeness (QED) is 0.526. The Morgan fingerprint density at radius 3 is 2.10 bits per heavy atom. The largest absolute Gasteiger partial charge is 0.433 e. The lowest BCUT2D eigenvalue weighted by Crippen LogP contribution is -2.44. The standard InChI is InChI=1S/C4H6F3NO2/c1-2(9)8-3(10)4(5,6)7/h3,10H,1H3,(H,8,9). The molecular formula is C4H6F3NO2. The molecule has 2 N–H and O–H groups in total. The molecule has 3 nitrogen and oxygen atoms in total. The Kier molecular flexibility index (Phi) is 2.65. The maximum Gasteiger partial charge on any atom is 0.433 e. The molecule has 0 aromatic rings. The van der Waals surface area contributed by atoms with Crippen LogP contribution >= 0.6 is 0 Å². The summed E-state index contributed by atoms with van der Waals surface area (Å²) >= 11 is 0. The minimum atomic E-state index is -4.79. The zero-order valence-electron chi connectivity index (χ0n) is 5.07. The number of nitrogens with one attached hydrogen (secondary N) is 1. The Morgan fingerprint density at radius 2 is 2.00 bits per heavy atom. The average Bonchev–Trinajstić information content (AvgIpc) is 1.60. The Bertz CT molecular complexity index is 133. The Labute approximate surface area is 54.8 Å². The highest BCUT2D eigenvalue weighted by molar-refractivity contribution is 5.73.